The Labute approximate surface area is 140 Å². The number of fused-ring (bicyclic) bond motifs is 1. The molecule has 0 saturated carbocycles. The minimum atomic E-state index is 0.310. The third kappa shape index (κ3) is 2.66. The van der Waals surface area contributed by atoms with Gasteiger partial charge in [0.15, 0.2) is 0 Å². The fraction of sp³-hybridized carbons (Fsp3) is 0.385. The zero-order chi connectivity index (χ0) is 12.7. The van der Waals surface area contributed by atoms with E-state index in [4.69, 9.17) is 0 Å². The molecule has 18 heavy (non-hydrogen) atoms. The molecule has 0 radical (unpaired) electrons. The second kappa shape index (κ2) is 5.68. The van der Waals surface area contributed by atoms with Crippen molar-refractivity contribution in [3.05, 3.63) is 40.6 Å². The summed E-state index contributed by atoms with van der Waals surface area (Å²) in [4.78, 5) is 3.35. The summed E-state index contributed by atoms with van der Waals surface area (Å²) in [5.74, 6) is 0. The molecule has 0 fully saturated rings. The van der Waals surface area contributed by atoms with E-state index in [1.807, 2.05) is 11.3 Å². The first kappa shape index (κ1) is 13.8. The normalized spacial score (nSPS) is 16.6. The Morgan fingerprint density at radius 3 is 2.50 bits per heavy atom. The zero-order valence-electron chi connectivity index (χ0n) is 9.51. The molecular weight excluding hydrogens is 460 g/mol. The fourth-order valence-electron chi connectivity index (χ4n) is 2.32. The fourth-order valence-corrected chi connectivity index (χ4v) is 7.71. The third-order valence-electron chi connectivity index (χ3n) is 3.22. The Kier molecular flexibility index (Phi) is 4.36. The van der Waals surface area contributed by atoms with Gasteiger partial charge in [0.2, 0.25) is 0 Å². The quantitative estimate of drug-likeness (QED) is 0.428. The van der Waals surface area contributed by atoms with Crippen molar-refractivity contribution in [1.29, 1.82) is 0 Å². The van der Waals surface area contributed by atoms with Crippen LogP contribution in [-0.4, -0.2) is 0 Å². The lowest BCUT2D eigenvalue weighted by Gasteiger charge is -2.08. The van der Waals surface area contributed by atoms with Crippen LogP contribution in [0.15, 0.2) is 19.7 Å². The van der Waals surface area contributed by atoms with Crippen LogP contribution < -0.4 is 0 Å². The molecule has 5 heteroatoms. The highest BCUT2D eigenvalue weighted by Crippen LogP contribution is 2.45. The summed E-state index contributed by atoms with van der Waals surface area (Å²) in [6, 6.07) is 4.60. The first-order chi connectivity index (χ1) is 8.65. The predicted molar refractivity (Wildman–Crippen MR) is 91.5 cm³/mol. The lowest BCUT2D eigenvalue weighted by molar-refractivity contribution is 0.697. The summed E-state index contributed by atoms with van der Waals surface area (Å²) in [6.07, 6.45) is 5.24. The second-order valence-electron chi connectivity index (χ2n) is 4.45. The number of rotatable bonds is 2. The zero-order valence-corrected chi connectivity index (χ0v) is 15.9. The molecule has 1 aliphatic rings. The van der Waals surface area contributed by atoms with Crippen LogP contribution in [-0.2, 0) is 12.8 Å². The van der Waals surface area contributed by atoms with Crippen LogP contribution in [0.1, 0.15) is 38.6 Å². The Morgan fingerprint density at radius 1 is 1.06 bits per heavy atom. The van der Waals surface area contributed by atoms with E-state index >= 15 is 0 Å². The van der Waals surface area contributed by atoms with Crippen molar-refractivity contribution in [3.8, 4) is 0 Å². The van der Waals surface area contributed by atoms with Crippen LogP contribution in [0.2, 0.25) is 0 Å². The van der Waals surface area contributed by atoms with Gasteiger partial charge in [-0.05, 0) is 80.8 Å². The van der Waals surface area contributed by atoms with Crippen molar-refractivity contribution in [2.24, 2.45) is 0 Å². The van der Waals surface area contributed by atoms with E-state index in [1.54, 1.807) is 21.8 Å². The van der Waals surface area contributed by atoms with Crippen molar-refractivity contribution in [2.45, 2.75) is 30.5 Å². The average molecular weight is 471 g/mol. The van der Waals surface area contributed by atoms with Gasteiger partial charge >= 0.3 is 0 Å². The first-order valence-corrected chi connectivity index (χ1v) is 9.99. The molecule has 0 aliphatic heterocycles. The van der Waals surface area contributed by atoms with E-state index in [-0.39, 0.29) is 0 Å². The van der Waals surface area contributed by atoms with Crippen molar-refractivity contribution < 1.29 is 0 Å². The number of halogens is 3. The van der Waals surface area contributed by atoms with Crippen LogP contribution in [0.25, 0.3) is 0 Å². The van der Waals surface area contributed by atoms with E-state index in [1.165, 1.54) is 43.7 Å². The maximum absolute atomic E-state index is 3.85. The summed E-state index contributed by atoms with van der Waals surface area (Å²) in [6.45, 7) is 0. The molecule has 1 atom stereocenters. The molecule has 3 rings (SSSR count). The molecule has 1 unspecified atom stereocenters. The summed E-state index contributed by atoms with van der Waals surface area (Å²) >= 11 is 14.8. The number of hydrogen-bond acceptors (Lipinski definition) is 2. The molecular formula is C13H11Br3S2. The van der Waals surface area contributed by atoms with E-state index in [0.717, 1.165) is 0 Å². The van der Waals surface area contributed by atoms with Gasteiger partial charge in [-0.1, -0.05) is 15.9 Å². The highest BCUT2D eigenvalue weighted by atomic mass is 79.9. The third-order valence-corrected chi connectivity index (χ3v) is 8.20. The Hall–Kier alpha value is 0.840. The van der Waals surface area contributed by atoms with E-state index in [0.29, 0.717) is 4.83 Å². The molecule has 0 N–H and O–H groups in total. The molecule has 2 aromatic heterocycles. The molecule has 0 saturated heterocycles. The summed E-state index contributed by atoms with van der Waals surface area (Å²) in [7, 11) is 0. The molecule has 0 aromatic carbocycles. The van der Waals surface area contributed by atoms with Gasteiger partial charge in [0.1, 0.15) is 0 Å². The minimum Gasteiger partial charge on any atom is -0.144 e. The van der Waals surface area contributed by atoms with E-state index in [2.05, 4.69) is 59.9 Å². The van der Waals surface area contributed by atoms with Gasteiger partial charge in [0.25, 0.3) is 0 Å². The number of alkyl halides is 1. The highest BCUT2D eigenvalue weighted by molar-refractivity contribution is 9.12. The lowest BCUT2D eigenvalue weighted by Crippen LogP contribution is -1.96. The van der Waals surface area contributed by atoms with Crippen LogP contribution in [0.5, 0.6) is 0 Å². The van der Waals surface area contributed by atoms with Crippen molar-refractivity contribution in [3.63, 3.8) is 0 Å². The lowest BCUT2D eigenvalue weighted by atomic mass is 9.99. The molecule has 2 aromatic rings. The summed E-state index contributed by atoms with van der Waals surface area (Å²) in [5, 5.41) is 0. The SMILES string of the molecule is Brc1cc(C(Br)c2cc3c(s2)CCCC3)c(Br)s1. The van der Waals surface area contributed by atoms with Crippen LogP contribution in [0.4, 0.5) is 0 Å². The smallest absolute Gasteiger partial charge is 0.0757 e. The van der Waals surface area contributed by atoms with Gasteiger partial charge in [-0.3, -0.25) is 0 Å². The topological polar surface area (TPSA) is 0 Å². The van der Waals surface area contributed by atoms with Crippen molar-refractivity contribution in [1.82, 2.24) is 0 Å². The van der Waals surface area contributed by atoms with Gasteiger partial charge < -0.3 is 0 Å². The van der Waals surface area contributed by atoms with Gasteiger partial charge in [-0.2, -0.15) is 0 Å². The number of aryl methyl sites for hydroxylation is 2. The van der Waals surface area contributed by atoms with Gasteiger partial charge in [-0.25, -0.2) is 0 Å². The average Bonchev–Trinajstić information content (AvgIpc) is 2.91. The number of hydrogen-bond donors (Lipinski definition) is 0. The Bertz CT molecular complexity index is 547. The maximum Gasteiger partial charge on any atom is 0.0757 e. The van der Waals surface area contributed by atoms with Gasteiger partial charge in [-0.15, -0.1) is 22.7 Å². The highest BCUT2D eigenvalue weighted by Gasteiger charge is 2.21. The van der Waals surface area contributed by atoms with Gasteiger partial charge in [0.05, 0.1) is 12.4 Å². The monoisotopic (exact) mass is 468 g/mol. The van der Waals surface area contributed by atoms with E-state index in [9.17, 15) is 0 Å². The van der Waals surface area contributed by atoms with E-state index < -0.39 is 0 Å². The summed E-state index contributed by atoms with van der Waals surface area (Å²) < 4.78 is 2.39. The summed E-state index contributed by atoms with van der Waals surface area (Å²) in [5.41, 5.74) is 2.90. The van der Waals surface area contributed by atoms with Crippen LogP contribution >= 0.6 is 70.5 Å². The largest absolute Gasteiger partial charge is 0.144 e. The molecule has 96 valence electrons. The molecule has 1 aliphatic carbocycles. The standard InChI is InChI=1S/C13H11Br3S2/c14-11-6-8(13(16)18-11)12(15)10-5-7-3-1-2-4-9(7)17-10/h5-6,12H,1-4H2. The molecule has 0 spiro atoms. The molecule has 0 nitrogen and oxygen atoms in total. The Morgan fingerprint density at radius 2 is 1.83 bits per heavy atom. The molecule has 0 amide bonds. The van der Waals surface area contributed by atoms with Gasteiger partial charge in [0, 0.05) is 9.75 Å². The first-order valence-electron chi connectivity index (χ1n) is 5.85. The Balaban J connectivity index is 1.94. The molecule has 2 heterocycles. The molecule has 0 bridgehead atoms. The van der Waals surface area contributed by atoms with Crippen LogP contribution in [0, 0.1) is 0 Å². The van der Waals surface area contributed by atoms with Crippen molar-refractivity contribution >= 4 is 70.5 Å². The number of thiophene rings is 2. The second-order valence-corrected chi connectivity index (χ2v) is 10.3. The van der Waals surface area contributed by atoms with Crippen molar-refractivity contribution in [2.75, 3.05) is 0 Å². The van der Waals surface area contributed by atoms with Crippen LogP contribution in [0.3, 0.4) is 0 Å². The minimum absolute atomic E-state index is 0.310. The maximum atomic E-state index is 3.85. The predicted octanol–water partition coefficient (Wildman–Crippen LogP) is 6.70.